The van der Waals surface area contributed by atoms with Gasteiger partial charge in [-0.15, -0.1) is 0 Å². The van der Waals surface area contributed by atoms with Crippen molar-refractivity contribution in [1.29, 1.82) is 0 Å². The van der Waals surface area contributed by atoms with Crippen molar-refractivity contribution in [3.05, 3.63) is 11.7 Å². The molecule has 1 heterocycles. The van der Waals surface area contributed by atoms with E-state index in [1.807, 2.05) is 20.8 Å². The van der Waals surface area contributed by atoms with Gasteiger partial charge in [0.05, 0.1) is 0 Å². The van der Waals surface area contributed by atoms with Gasteiger partial charge in [-0.2, -0.15) is 4.98 Å². The van der Waals surface area contributed by atoms with Crippen LogP contribution in [0.4, 0.5) is 0 Å². The Bertz CT molecular complexity index is 294. The monoisotopic (exact) mass is 199 g/mol. The lowest BCUT2D eigenvalue weighted by molar-refractivity contribution is -0.00786. The molecular formula is C9H17N3O2. The minimum absolute atomic E-state index is 0.0334. The lowest BCUT2D eigenvalue weighted by Gasteiger charge is -2.16. The molecule has 14 heavy (non-hydrogen) atoms. The van der Waals surface area contributed by atoms with Crippen molar-refractivity contribution < 1.29 is 9.26 Å². The molecule has 0 fully saturated rings. The highest BCUT2D eigenvalue weighted by Crippen LogP contribution is 2.21. The van der Waals surface area contributed by atoms with Crippen LogP contribution in [-0.4, -0.2) is 23.3 Å². The smallest absolute Gasteiger partial charge is 0.258 e. The summed E-state index contributed by atoms with van der Waals surface area (Å²) in [6.07, 6.45) is 0.614. The highest BCUT2D eigenvalue weighted by molar-refractivity contribution is 4.96. The molecule has 0 aromatic carbocycles. The van der Waals surface area contributed by atoms with E-state index in [0.29, 0.717) is 18.1 Å². The van der Waals surface area contributed by atoms with Gasteiger partial charge in [0.25, 0.3) is 5.89 Å². The van der Waals surface area contributed by atoms with E-state index in [1.165, 1.54) is 0 Å². The van der Waals surface area contributed by atoms with E-state index in [4.69, 9.17) is 15.0 Å². The summed E-state index contributed by atoms with van der Waals surface area (Å²) < 4.78 is 10.3. The molecule has 0 saturated heterocycles. The van der Waals surface area contributed by atoms with Crippen molar-refractivity contribution in [2.75, 3.05) is 7.11 Å². The number of hydrogen-bond acceptors (Lipinski definition) is 5. The first-order chi connectivity index (χ1) is 6.45. The van der Waals surface area contributed by atoms with Crippen molar-refractivity contribution >= 4 is 0 Å². The lowest BCUT2D eigenvalue weighted by Crippen LogP contribution is -2.21. The van der Waals surface area contributed by atoms with Crippen LogP contribution in [0, 0.1) is 0 Å². The van der Waals surface area contributed by atoms with Gasteiger partial charge in [-0.05, 0) is 20.8 Å². The van der Waals surface area contributed by atoms with Crippen LogP contribution in [-0.2, 0) is 16.8 Å². The first kappa shape index (κ1) is 11.1. The third-order valence-electron chi connectivity index (χ3n) is 2.00. The highest BCUT2D eigenvalue weighted by atomic mass is 16.5. The second kappa shape index (κ2) is 4.06. The van der Waals surface area contributed by atoms with Gasteiger partial charge >= 0.3 is 0 Å². The molecule has 1 unspecified atom stereocenters. The Morgan fingerprint density at radius 1 is 1.57 bits per heavy atom. The number of hydrogen-bond donors (Lipinski definition) is 1. The molecule has 80 valence electrons. The van der Waals surface area contributed by atoms with Crippen molar-refractivity contribution in [3.63, 3.8) is 0 Å². The normalized spacial score (nSPS) is 14.4. The van der Waals surface area contributed by atoms with Crippen LogP contribution in [0.5, 0.6) is 0 Å². The van der Waals surface area contributed by atoms with Crippen LogP contribution in [0.25, 0.3) is 0 Å². The Kier molecular flexibility index (Phi) is 3.23. The van der Waals surface area contributed by atoms with E-state index in [0.717, 1.165) is 0 Å². The second-order valence-corrected chi connectivity index (χ2v) is 3.91. The molecule has 0 spiro atoms. The fraction of sp³-hybridized carbons (Fsp3) is 0.778. The maximum Gasteiger partial charge on any atom is 0.258 e. The fourth-order valence-corrected chi connectivity index (χ4v) is 0.957. The molecule has 0 amide bonds. The summed E-state index contributed by atoms with van der Waals surface area (Å²) in [6.45, 7) is 5.64. The predicted octanol–water partition coefficient (Wildman–Crippen LogP) is 0.841. The molecule has 0 aliphatic carbocycles. The largest absolute Gasteiger partial charge is 0.369 e. The molecule has 5 nitrogen and oxygen atoms in total. The van der Waals surface area contributed by atoms with Gasteiger partial charge in [-0.3, -0.25) is 0 Å². The first-order valence-corrected chi connectivity index (χ1v) is 4.59. The van der Waals surface area contributed by atoms with E-state index in [9.17, 15) is 0 Å². The summed E-state index contributed by atoms with van der Waals surface area (Å²) in [5, 5.41) is 3.82. The van der Waals surface area contributed by atoms with E-state index in [-0.39, 0.29) is 6.04 Å². The minimum atomic E-state index is -0.539. The molecule has 0 saturated carbocycles. The van der Waals surface area contributed by atoms with Crippen molar-refractivity contribution in [2.24, 2.45) is 5.73 Å². The van der Waals surface area contributed by atoms with Crippen molar-refractivity contribution in [1.82, 2.24) is 10.1 Å². The van der Waals surface area contributed by atoms with Crippen LogP contribution in [0.15, 0.2) is 4.52 Å². The average Bonchev–Trinajstić information content (AvgIpc) is 2.52. The third-order valence-corrected chi connectivity index (χ3v) is 2.00. The molecule has 1 aromatic rings. The van der Waals surface area contributed by atoms with Crippen LogP contribution in [0.1, 0.15) is 32.5 Å². The quantitative estimate of drug-likeness (QED) is 0.777. The number of nitrogens with zero attached hydrogens (tertiary/aromatic N) is 2. The van der Waals surface area contributed by atoms with Gasteiger partial charge in [0.15, 0.2) is 5.82 Å². The zero-order valence-corrected chi connectivity index (χ0v) is 9.07. The van der Waals surface area contributed by atoms with Crippen molar-refractivity contribution in [3.8, 4) is 0 Å². The summed E-state index contributed by atoms with van der Waals surface area (Å²) in [5.74, 6) is 1.11. The van der Waals surface area contributed by atoms with Gasteiger partial charge in [-0.1, -0.05) is 5.16 Å². The Morgan fingerprint density at radius 3 is 2.71 bits per heavy atom. The number of aromatic nitrogens is 2. The van der Waals surface area contributed by atoms with Crippen LogP contribution in [0.2, 0.25) is 0 Å². The zero-order chi connectivity index (χ0) is 10.8. The number of nitrogens with two attached hydrogens (primary N) is 1. The molecule has 0 aliphatic heterocycles. The van der Waals surface area contributed by atoms with Crippen LogP contribution < -0.4 is 5.73 Å². The van der Waals surface area contributed by atoms with Crippen LogP contribution >= 0.6 is 0 Å². The van der Waals surface area contributed by atoms with E-state index < -0.39 is 5.60 Å². The fourth-order valence-electron chi connectivity index (χ4n) is 0.957. The summed E-state index contributed by atoms with van der Waals surface area (Å²) >= 11 is 0. The minimum Gasteiger partial charge on any atom is -0.369 e. The van der Waals surface area contributed by atoms with E-state index in [1.54, 1.807) is 7.11 Å². The first-order valence-electron chi connectivity index (χ1n) is 4.59. The molecule has 1 rings (SSSR count). The predicted molar refractivity (Wildman–Crippen MR) is 51.7 cm³/mol. The molecule has 0 bridgehead atoms. The summed E-state index contributed by atoms with van der Waals surface area (Å²) in [6, 6.07) is 0.0334. The van der Waals surface area contributed by atoms with Crippen molar-refractivity contribution in [2.45, 2.75) is 38.8 Å². The van der Waals surface area contributed by atoms with Gasteiger partial charge in [0.2, 0.25) is 0 Å². The SMILES string of the molecule is COC(C)(C)c1nc(CC(C)N)no1. The maximum absolute atomic E-state index is 5.62. The maximum atomic E-state index is 5.62. The summed E-state index contributed by atoms with van der Waals surface area (Å²) in [4.78, 5) is 4.21. The van der Waals surface area contributed by atoms with Gasteiger partial charge in [0.1, 0.15) is 5.60 Å². The molecule has 0 aliphatic rings. The van der Waals surface area contributed by atoms with Crippen LogP contribution in [0.3, 0.4) is 0 Å². The van der Waals surface area contributed by atoms with Gasteiger partial charge in [-0.25, -0.2) is 0 Å². The average molecular weight is 199 g/mol. The lowest BCUT2D eigenvalue weighted by atomic mass is 10.1. The Balaban J connectivity index is 2.77. The summed E-state index contributed by atoms with van der Waals surface area (Å²) in [5.41, 5.74) is 5.08. The molecule has 5 heteroatoms. The summed E-state index contributed by atoms with van der Waals surface area (Å²) in [7, 11) is 1.61. The number of rotatable bonds is 4. The molecular weight excluding hydrogens is 182 g/mol. The topological polar surface area (TPSA) is 74.2 Å². The Labute approximate surface area is 83.6 Å². The molecule has 0 radical (unpaired) electrons. The third kappa shape index (κ3) is 2.52. The molecule has 1 atom stereocenters. The molecule has 2 N–H and O–H groups in total. The Hall–Kier alpha value is -0.940. The number of ether oxygens (including phenoxy) is 1. The standard InChI is InChI=1S/C9H17N3O2/c1-6(10)5-7-11-8(14-12-7)9(2,3)13-4/h6H,5,10H2,1-4H3. The Morgan fingerprint density at radius 2 is 2.21 bits per heavy atom. The zero-order valence-electron chi connectivity index (χ0n) is 9.07. The molecule has 1 aromatic heterocycles. The number of methoxy groups -OCH3 is 1. The highest BCUT2D eigenvalue weighted by Gasteiger charge is 2.27. The van der Waals surface area contributed by atoms with E-state index >= 15 is 0 Å². The second-order valence-electron chi connectivity index (χ2n) is 3.91. The van der Waals surface area contributed by atoms with Gasteiger partial charge < -0.3 is 15.0 Å². The van der Waals surface area contributed by atoms with E-state index in [2.05, 4.69) is 10.1 Å². The van der Waals surface area contributed by atoms with Gasteiger partial charge in [0, 0.05) is 19.6 Å².